The van der Waals surface area contributed by atoms with Crippen LogP contribution >= 0.6 is 11.3 Å². The first kappa shape index (κ1) is 13.3. The number of hydrogen-bond acceptors (Lipinski definition) is 2. The van der Waals surface area contributed by atoms with Crippen molar-refractivity contribution in [3.8, 4) is 0 Å². The Labute approximate surface area is 114 Å². The Bertz CT molecular complexity index is 458. The minimum Gasteiger partial charge on any atom is -0.303 e. The Morgan fingerprint density at radius 1 is 1.17 bits per heavy atom. The van der Waals surface area contributed by atoms with E-state index in [0.717, 1.165) is 6.42 Å². The monoisotopic (exact) mass is 259 g/mol. The number of thiophene rings is 1. The lowest BCUT2D eigenvalue weighted by molar-refractivity contribution is 0.462. The molecule has 0 spiro atoms. The van der Waals surface area contributed by atoms with Gasteiger partial charge >= 0.3 is 0 Å². The van der Waals surface area contributed by atoms with Gasteiger partial charge in [-0.15, -0.1) is 11.3 Å². The summed E-state index contributed by atoms with van der Waals surface area (Å²) >= 11 is 1.83. The lowest BCUT2D eigenvalue weighted by Gasteiger charge is -2.22. The van der Waals surface area contributed by atoms with Gasteiger partial charge in [-0.3, -0.25) is 0 Å². The smallest absolute Gasteiger partial charge is 0.0416 e. The van der Waals surface area contributed by atoms with Crippen molar-refractivity contribution in [1.82, 2.24) is 5.32 Å². The molecule has 0 radical (unpaired) electrons. The Balaban J connectivity index is 2.05. The lowest BCUT2D eigenvalue weighted by Crippen LogP contribution is -2.23. The highest BCUT2D eigenvalue weighted by atomic mass is 32.1. The van der Waals surface area contributed by atoms with Gasteiger partial charge in [0.25, 0.3) is 0 Å². The molecule has 0 saturated carbocycles. The summed E-state index contributed by atoms with van der Waals surface area (Å²) in [7, 11) is 0. The number of rotatable bonds is 5. The predicted octanol–water partition coefficient (Wildman–Crippen LogP) is 4.86. The number of nitrogens with one attached hydrogen (secondary N) is 1. The van der Waals surface area contributed by atoms with Gasteiger partial charge in [-0.25, -0.2) is 0 Å². The maximum Gasteiger partial charge on any atom is 0.0416 e. The summed E-state index contributed by atoms with van der Waals surface area (Å²) in [5, 5.41) is 5.86. The normalized spacial score (nSPS) is 14.4. The first-order valence-corrected chi connectivity index (χ1v) is 7.44. The van der Waals surface area contributed by atoms with Gasteiger partial charge < -0.3 is 5.32 Å². The van der Waals surface area contributed by atoms with Crippen LogP contribution < -0.4 is 5.32 Å². The zero-order valence-corrected chi connectivity index (χ0v) is 12.1. The van der Waals surface area contributed by atoms with E-state index in [4.69, 9.17) is 0 Å². The highest BCUT2D eigenvalue weighted by Crippen LogP contribution is 2.25. The van der Waals surface area contributed by atoms with Gasteiger partial charge in [-0.1, -0.05) is 42.8 Å². The molecule has 0 aliphatic rings. The van der Waals surface area contributed by atoms with Crippen LogP contribution in [0.1, 0.15) is 48.4 Å². The lowest BCUT2D eigenvalue weighted by atomic mass is 10.0. The standard InChI is InChI=1S/C16H21NS/c1-4-15(16-6-5-11-18-16)17-13(3)14-9-7-12(2)8-10-14/h5-11,13,15,17H,4H2,1-3H3. The molecule has 0 aliphatic carbocycles. The van der Waals surface area contributed by atoms with E-state index in [0.29, 0.717) is 12.1 Å². The van der Waals surface area contributed by atoms with Crippen molar-refractivity contribution < 1.29 is 0 Å². The third-order valence-corrected chi connectivity index (χ3v) is 4.31. The fourth-order valence-electron chi connectivity index (χ4n) is 2.14. The molecule has 2 heteroatoms. The van der Waals surface area contributed by atoms with Crippen molar-refractivity contribution >= 4 is 11.3 Å². The Hall–Kier alpha value is -1.12. The summed E-state index contributed by atoms with van der Waals surface area (Å²) in [6, 6.07) is 14.0. The number of hydrogen-bond donors (Lipinski definition) is 1. The second-order valence-electron chi connectivity index (χ2n) is 4.78. The van der Waals surface area contributed by atoms with Crippen LogP contribution in [0.2, 0.25) is 0 Å². The molecule has 1 heterocycles. The summed E-state index contributed by atoms with van der Waals surface area (Å²) in [5.74, 6) is 0. The van der Waals surface area contributed by atoms with Crippen LogP contribution in [0.5, 0.6) is 0 Å². The van der Waals surface area contributed by atoms with Crippen LogP contribution in [0, 0.1) is 6.92 Å². The molecule has 0 fully saturated rings. The maximum atomic E-state index is 3.72. The van der Waals surface area contributed by atoms with E-state index in [9.17, 15) is 0 Å². The molecule has 0 saturated heterocycles. The molecule has 2 rings (SSSR count). The SMILES string of the molecule is CCC(NC(C)c1ccc(C)cc1)c1cccs1. The van der Waals surface area contributed by atoms with Crippen molar-refractivity contribution in [3.63, 3.8) is 0 Å². The van der Waals surface area contributed by atoms with E-state index in [2.05, 4.69) is 67.9 Å². The first-order chi connectivity index (χ1) is 8.70. The van der Waals surface area contributed by atoms with Gasteiger partial charge in [0.1, 0.15) is 0 Å². The Morgan fingerprint density at radius 2 is 1.89 bits per heavy atom. The van der Waals surface area contributed by atoms with Gasteiger partial charge in [0.15, 0.2) is 0 Å². The largest absolute Gasteiger partial charge is 0.303 e. The summed E-state index contributed by atoms with van der Waals surface area (Å²) in [5.41, 5.74) is 2.67. The fourth-order valence-corrected chi connectivity index (χ4v) is 3.01. The summed E-state index contributed by atoms with van der Waals surface area (Å²) in [6.07, 6.45) is 1.12. The molecule has 1 N–H and O–H groups in total. The molecule has 0 aliphatic heterocycles. The minimum atomic E-state index is 0.387. The van der Waals surface area contributed by atoms with E-state index in [1.807, 2.05) is 11.3 Å². The van der Waals surface area contributed by atoms with Crippen molar-refractivity contribution in [1.29, 1.82) is 0 Å². The molecule has 18 heavy (non-hydrogen) atoms. The van der Waals surface area contributed by atoms with E-state index in [-0.39, 0.29) is 0 Å². The van der Waals surface area contributed by atoms with E-state index in [1.54, 1.807) is 0 Å². The van der Waals surface area contributed by atoms with Gasteiger partial charge in [-0.05, 0) is 37.3 Å². The van der Waals surface area contributed by atoms with Crippen molar-refractivity contribution in [3.05, 3.63) is 57.8 Å². The molecule has 96 valence electrons. The molecule has 2 unspecified atom stereocenters. The van der Waals surface area contributed by atoms with Crippen LogP contribution in [0.25, 0.3) is 0 Å². The van der Waals surface area contributed by atoms with Gasteiger partial charge in [0.2, 0.25) is 0 Å². The highest BCUT2D eigenvalue weighted by Gasteiger charge is 2.14. The average Bonchev–Trinajstić information content (AvgIpc) is 2.90. The summed E-state index contributed by atoms with van der Waals surface area (Å²) in [6.45, 7) is 6.60. The summed E-state index contributed by atoms with van der Waals surface area (Å²) in [4.78, 5) is 1.43. The van der Waals surface area contributed by atoms with E-state index < -0.39 is 0 Å². The Morgan fingerprint density at radius 3 is 2.44 bits per heavy atom. The van der Waals surface area contributed by atoms with Crippen molar-refractivity contribution in [2.75, 3.05) is 0 Å². The van der Waals surface area contributed by atoms with Crippen LogP contribution in [0.15, 0.2) is 41.8 Å². The van der Waals surface area contributed by atoms with Crippen LogP contribution in [0.3, 0.4) is 0 Å². The predicted molar refractivity (Wildman–Crippen MR) is 80.1 cm³/mol. The highest BCUT2D eigenvalue weighted by molar-refractivity contribution is 7.10. The summed E-state index contributed by atoms with van der Waals surface area (Å²) < 4.78 is 0. The zero-order valence-electron chi connectivity index (χ0n) is 11.3. The third-order valence-electron chi connectivity index (χ3n) is 3.32. The van der Waals surface area contributed by atoms with E-state index >= 15 is 0 Å². The van der Waals surface area contributed by atoms with Gasteiger partial charge in [0, 0.05) is 17.0 Å². The molecule has 1 nitrogen and oxygen atoms in total. The van der Waals surface area contributed by atoms with Crippen LogP contribution in [-0.2, 0) is 0 Å². The molecule has 1 aromatic carbocycles. The molecular formula is C16H21NS. The maximum absolute atomic E-state index is 3.72. The number of aryl methyl sites for hydroxylation is 1. The molecular weight excluding hydrogens is 238 g/mol. The van der Waals surface area contributed by atoms with Crippen molar-refractivity contribution in [2.45, 2.75) is 39.3 Å². The van der Waals surface area contributed by atoms with Gasteiger partial charge in [-0.2, -0.15) is 0 Å². The molecule has 2 atom stereocenters. The third kappa shape index (κ3) is 3.21. The minimum absolute atomic E-state index is 0.387. The first-order valence-electron chi connectivity index (χ1n) is 6.56. The zero-order chi connectivity index (χ0) is 13.0. The van der Waals surface area contributed by atoms with Gasteiger partial charge in [0.05, 0.1) is 0 Å². The molecule has 0 amide bonds. The number of benzene rings is 1. The van der Waals surface area contributed by atoms with Crippen molar-refractivity contribution in [2.24, 2.45) is 0 Å². The molecule has 1 aromatic heterocycles. The molecule has 2 aromatic rings. The Kier molecular flexibility index (Phi) is 4.56. The van der Waals surface area contributed by atoms with Crippen LogP contribution in [-0.4, -0.2) is 0 Å². The van der Waals surface area contributed by atoms with E-state index in [1.165, 1.54) is 16.0 Å². The van der Waals surface area contributed by atoms with Crippen LogP contribution in [0.4, 0.5) is 0 Å². The quantitative estimate of drug-likeness (QED) is 0.808. The fraction of sp³-hybridized carbons (Fsp3) is 0.375. The topological polar surface area (TPSA) is 12.0 Å². The second-order valence-corrected chi connectivity index (χ2v) is 5.75. The second kappa shape index (κ2) is 6.17. The average molecular weight is 259 g/mol. The molecule has 0 bridgehead atoms.